The van der Waals surface area contributed by atoms with Crippen LogP contribution in [0.1, 0.15) is 42.5 Å². The fraction of sp³-hybridized carbons (Fsp3) is 0.647. The van der Waals surface area contributed by atoms with E-state index >= 15 is 0 Å². The molecule has 0 amide bonds. The quantitative estimate of drug-likeness (QED) is 0.851. The van der Waals surface area contributed by atoms with Gasteiger partial charge in [0.25, 0.3) is 0 Å². The van der Waals surface area contributed by atoms with E-state index in [1.807, 2.05) is 0 Å². The molecule has 0 saturated carbocycles. The highest BCUT2D eigenvalue weighted by molar-refractivity contribution is 5.36. The van der Waals surface area contributed by atoms with Gasteiger partial charge in [-0.3, -0.25) is 0 Å². The molecule has 0 aliphatic rings. The second kappa shape index (κ2) is 6.53. The predicted octanol–water partition coefficient (Wildman–Crippen LogP) is 3.42. The number of nitrogens with two attached hydrogens (primary N) is 1. The van der Waals surface area contributed by atoms with Crippen molar-refractivity contribution in [2.45, 2.75) is 47.6 Å². The van der Waals surface area contributed by atoms with Gasteiger partial charge in [0.05, 0.1) is 0 Å². The molecule has 0 aliphatic heterocycles. The molecule has 0 saturated heterocycles. The molecule has 1 aromatic rings. The molecule has 2 nitrogen and oxygen atoms in total. The van der Waals surface area contributed by atoms with Crippen LogP contribution in [0.5, 0.6) is 0 Å². The molecule has 0 radical (unpaired) electrons. The summed E-state index contributed by atoms with van der Waals surface area (Å²) >= 11 is 0. The van der Waals surface area contributed by atoms with Crippen LogP contribution in [0, 0.1) is 26.2 Å². The fourth-order valence-corrected chi connectivity index (χ4v) is 2.74. The summed E-state index contributed by atoms with van der Waals surface area (Å²) in [6.45, 7) is 14.0. The first-order chi connectivity index (χ1) is 8.75. The van der Waals surface area contributed by atoms with Crippen molar-refractivity contribution in [2.24, 2.45) is 11.1 Å². The van der Waals surface area contributed by atoms with Gasteiger partial charge in [0.1, 0.15) is 0 Å². The first kappa shape index (κ1) is 16.2. The van der Waals surface area contributed by atoms with Crippen LogP contribution in [-0.2, 0) is 6.54 Å². The van der Waals surface area contributed by atoms with E-state index in [-0.39, 0.29) is 5.41 Å². The van der Waals surface area contributed by atoms with Gasteiger partial charge >= 0.3 is 0 Å². The van der Waals surface area contributed by atoms with E-state index in [4.69, 9.17) is 5.73 Å². The maximum absolute atomic E-state index is 5.69. The van der Waals surface area contributed by atoms with E-state index in [2.05, 4.69) is 58.7 Å². The lowest BCUT2D eigenvalue weighted by molar-refractivity contribution is 0.194. The molecule has 0 aliphatic carbocycles. The van der Waals surface area contributed by atoms with Crippen molar-refractivity contribution < 1.29 is 0 Å². The molecule has 2 N–H and O–H groups in total. The van der Waals surface area contributed by atoms with Crippen LogP contribution in [0.25, 0.3) is 0 Å². The first-order valence-electron chi connectivity index (χ1n) is 7.20. The Hall–Kier alpha value is -0.860. The van der Waals surface area contributed by atoms with Gasteiger partial charge in [-0.2, -0.15) is 0 Å². The standard InChI is InChI=1S/C17H30N2/c1-13-9-15(3)16(10-14(13)2)11-19(6)12-17(4,5)7-8-18/h9-10H,7-8,11-12,18H2,1-6H3. The summed E-state index contributed by atoms with van der Waals surface area (Å²) < 4.78 is 0. The molecule has 19 heavy (non-hydrogen) atoms. The molecular formula is C17H30N2. The zero-order valence-corrected chi connectivity index (χ0v) is 13.5. The maximum Gasteiger partial charge on any atom is 0.0233 e. The summed E-state index contributed by atoms with van der Waals surface area (Å²) in [4.78, 5) is 2.41. The highest BCUT2D eigenvalue weighted by Gasteiger charge is 2.19. The summed E-state index contributed by atoms with van der Waals surface area (Å²) in [5.41, 5.74) is 11.6. The van der Waals surface area contributed by atoms with Gasteiger partial charge in [0.15, 0.2) is 0 Å². The molecule has 0 heterocycles. The molecule has 0 spiro atoms. The summed E-state index contributed by atoms with van der Waals surface area (Å²) in [7, 11) is 2.20. The number of hydrogen-bond acceptors (Lipinski definition) is 2. The monoisotopic (exact) mass is 262 g/mol. The third-order valence-electron chi connectivity index (χ3n) is 3.91. The van der Waals surface area contributed by atoms with Crippen molar-refractivity contribution >= 4 is 0 Å². The van der Waals surface area contributed by atoms with Crippen LogP contribution < -0.4 is 5.73 Å². The highest BCUT2D eigenvalue weighted by atomic mass is 15.1. The van der Waals surface area contributed by atoms with Crippen molar-refractivity contribution in [1.82, 2.24) is 4.90 Å². The first-order valence-corrected chi connectivity index (χ1v) is 7.20. The summed E-state index contributed by atoms with van der Waals surface area (Å²) in [6.07, 6.45) is 1.07. The van der Waals surface area contributed by atoms with Crippen molar-refractivity contribution in [2.75, 3.05) is 20.1 Å². The highest BCUT2D eigenvalue weighted by Crippen LogP contribution is 2.22. The van der Waals surface area contributed by atoms with Crippen molar-refractivity contribution in [3.8, 4) is 0 Å². The smallest absolute Gasteiger partial charge is 0.0233 e. The lowest BCUT2D eigenvalue weighted by atomic mass is 9.88. The zero-order valence-electron chi connectivity index (χ0n) is 13.5. The third kappa shape index (κ3) is 4.96. The molecule has 0 fully saturated rings. The lowest BCUT2D eigenvalue weighted by Gasteiger charge is -2.30. The van der Waals surface area contributed by atoms with Crippen LogP contribution in [0.4, 0.5) is 0 Å². The van der Waals surface area contributed by atoms with Gasteiger partial charge in [-0.25, -0.2) is 0 Å². The number of aryl methyl sites for hydroxylation is 3. The minimum atomic E-state index is 0.289. The van der Waals surface area contributed by atoms with Gasteiger partial charge in [-0.15, -0.1) is 0 Å². The molecular weight excluding hydrogens is 232 g/mol. The molecule has 1 aromatic carbocycles. The molecule has 2 heteroatoms. The van der Waals surface area contributed by atoms with E-state index in [1.165, 1.54) is 22.3 Å². The summed E-state index contributed by atoms with van der Waals surface area (Å²) in [5, 5.41) is 0. The van der Waals surface area contributed by atoms with Crippen LogP contribution in [-0.4, -0.2) is 25.0 Å². The lowest BCUT2D eigenvalue weighted by Crippen LogP contribution is -2.32. The molecule has 1 rings (SSSR count). The average Bonchev–Trinajstić information content (AvgIpc) is 2.24. The second-order valence-corrected chi connectivity index (χ2v) is 6.74. The Labute approximate surface area is 119 Å². The Morgan fingerprint density at radius 3 is 2.21 bits per heavy atom. The largest absolute Gasteiger partial charge is 0.330 e. The molecule has 0 aromatic heterocycles. The Morgan fingerprint density at radius 1 is 1.05 bits per heavy atom. The fourth-order valence-electron chi connectivity index (χ4n) is 2.74. The normalized spacial score (nSPS) is 12.2. The van der Waals surface area contributed by atoms with Gasteiger partial charge in [-0.05, 0) is 68.5 Å². The zero-order chi connectivity index (χ0) is 14.6. The number of benzene rings is 1. The topological polar surface area (TPSA) is 29.3 Å². The Kier molecular flexibility index (Phi) is 5.57. The van der Waals surface area contributed by atoms with Crippen LogP contribution in [0.15, 0.2) is 12.1 Å². The number of rotatable bonds is 6. The van der Waals surface area contributed by atoms with Crippen molar-refractivity contribution in [3.05, 3.63) is 34.4 Å². The van der Waals surface area contributed by atoms with E-state index in [0.717, 1.165) is 26.1 Å². The SMILES string of the molecule is Cc1cc(C)c(CN(C)CC(C)(C)CCN)cc1C. The molecule has 0 atom stereocenters. The van der Waals surface area contributed by atoms with Gasteiger partial charge < -0.3 is 10.6 Å². The molecule has 108 valence electrons. The van der Waals surface area contributed by atoms with Crippen molar-refractivity contribution in [3.63, 3.8) is 0 Å². The van der Waals surface area contributed by atoms with Gasteiger partial charge in [0, 0.05) is 13.1 Å². The average molecular weight is 262 g/mol. The second-order valence-electron chi connectivity index (χ2n) is 6.74. The molecule has 0 bridgehead atoms. The van der Waals surface area contributed by atoms with Crippen LogP contribution >= 0.6 is 0 Å². The Morgan fingerprint density at radius 2 is 1.63 bits per heavy atom. The van der Waals surface area contributed by atoms with Crippen LogP contribution in [0.3, 0.4) is 0 Å². The van der Waals surface area contributed by atoms with Gasteiger partial charge in [0.2, 0.25) is 0 Å². The van der Waals surface area contributed by atoms with Gasteiger partial charge in [-0.1, -0.05) is 26.0 Å². The minimum Gasteiger partial charge on any atom is -0.330 e. The number of nitrogens with zero attached hydrogens (tertiary/aromatic N) is 1. The van der Waals surface area contributed by atoms with Crippen molar-refractivity contribution in [1.29, 1.82) is 0 Å². The Balaban J connectivity index is 2.72. The van der Waals surface area contributed by atoms with E-state index in [1.54, 1.807) is 0 Å². The Bertz CT molecular complexity index is 422. The third-order valence-corrected chi connectivity index (χ3v) is 3.91. The molecule has 0 unspecified atom stereocenters. The predicted molar refractivity (Wildman–Crippen MR) is 84.4 cm³/mol. The minimum absolute atomic E-state index is 0.289. The van der Waals surface area contributed by atoms with Crippen LogP contribution in [0.2, 0.25) is 0 Å². The summed E-state index contributed by atoms with van der Waals surface area (Å²) in [6, 6.07) is 4.63. The van der Waals surface area contributed by atoms with E-state index in [9.17, 15) is 0 Å². The summed E-state index contributed by atoms with van der Waals surface area (Å²) in [5.74, 6) is 0. The van der Waals surface area contributed by atoms with E-state index in [0.29, 0.717) is 0 Å². The number of hydrogen-bond donors (Lipinski definition) is 1. The maximum atomic E-state index is 5.69. The van der Waals surface area contributed by atoms with E-state index < -0.39 is 0 Å².